The molecule has 44 valence electrons. The van der Waals surface area contributed by atoms with E-state index in [0.717, 1.165) is 5.92 Å². The van der Waals surface area contributed by atoms with Crippen LogP contribution in [0.4, 0.5) is 0 Å². The summed E-state index contributed by atoms with van der Waals surface area (Å²) in [7, 11) is 5.70. The molecule has 0 aromatic rings. The highest BCUT2D eigenvalue weighted by atomic mass is 14.2. The molecule has 0 aliphatic heterocycles. The molecule has 2 atom stereocenters. The molecule has 1 aliphatic carbocycles. The SMILES string of the molecule is [B][C@H]1CCC(CC)C1. The molecule has 1 fully saturated rings. The molecule has 0 N–H and O–H groups in total. The summed E-state index contributed by atoms with van der Waals surface area (Å²) in [5, 5.41) is 0. The molecule has 0 aromatic carbocycles. The fourth-order valence-corrected chi connectivity index (χ4v) is 1.48. The van der Waals surface area contributed by atoms with Crippen LogP contribution in [0.1, 0.15) is 32.6 Å². The van der Waals surface area contributed by atoms with E-state index in [-0.39, 0.29) is 0 Å². The van der Waals surface area contributed by atoms with Crippen LogP contribution in [0.15, 0.2) is 0 Å². The van der Waals surface area contributed by atoms with Crippen LogP contribution < -0.4 is 0 Å². The second-order valence-corrected chi connectivity index (χ2v) is 2.85. The van der Waals surface area contributed by atoms with E-state index in [9.17, 15) is 0 Å². The number of hydrogen-bond acceptors (Lipinski definition) is 0. The molecule has 0 saturated heterocycles. The van der Waals surface area contributed by atoms with Gasteiger partial charge >= 0.3 is 0 Å². The van der Waals surface area contributed by atoms with Gasteiger partial charge < -0.3 is 0 Å². The van der Waals surface area contributed by atoms with Crippen molar-refractivity contribution in [2.45, 2.75) is 38.4 Å². The fraction of sp³-hybridized carbons (Fsp3) is 1.00. The molecule has 0 heterocycles. The van der Waals surface area contributed by atoms with E-state index in [1.54, 1.807) is 0 Å². The van der Waals surface area contributed by atoms with Gasteiger partial charge in [-0.25, -0.2) is 0 Å². The van der Waals surface area contributed by atoms with E-state index in [4.69, 9.17) is 7.85 Å². The van der Waals surface area contributed by atoms with Crippen molar-refractivity contribution in [3.05, 3.63) is 0 Å². The van der Waals surface area contributed by atoms with Crippen molar-refractivity contribution in [2.75, 3.05) is 0 Å². The number of rotatable bonds is 1. The molecule has 0 spiro atoms. The van der Waals surface area contributed by atoms with Gasteiger partial charge in [0.1, 0.15) is 0 Å². The van der Waals surface area contributed by atoms with Crippen molar-refractivity contribution in [1.29, 1.82) is 0 Å². The molecule has 8 heavy (non-hydrogen) atoms. The maximum absolute atomic E-state index is 5.70. The minimum Gasteiger partial charge on any atom is -0.0771 e. The normalized spacial score (nSPS) is 38.1. The van der Waals surface area contributed by atoms with Gasteiger partial charge in [-0.05, 0) is 5.92 Å². The van der Waals surface area contributed by atoms with Gasteiger partial charge in [0.2, 0.25) is 0 Å². The van der Waals surface area contributed by atoms with Crippen LogP contribution in [-0.2, 0) is 0 Å². The lowest BCUT2D eigenvalue weighted by atomic mass is 9.85. The van der Waals surface area contributed by atoms with Crippen molar-refractivity contribution in [2.24, 2.45) is 5.92 Å². The molecule has 0 bridgehead atoms. The highest BCUT2D eigenvalue weighted by Gasteiger charge is 2.18. The molecule has 1 saturated carbocycles. The summed E-state index contributed by atoms with van der Waals surface area (Å²) < 4.78 is 0. The van der Waals surface area contributed by atoms with E-state index < -0.39 is 0 Å². The zero-order chi connectivity index (χ0) is 5.98. The lowest BCUT2D eigenvalue weighted by Crippen LogP contribution is -1.89. The van der Waals surface area contributed by atoms with Crippen LogP contribution in [0, 0.1) is 5.92 Å². The minimum atomic E-state index is 0.528. The monoisotopic (exact) mass is 108 g/mol. The second-order valence-electron chi connectivity index (χ2n) is 2.85. The Morgan fingerprint density at radius 3 is 2.50 bits per heavy atom. The summed E-state index contributed by atoms with van der Waals surface area (Å²) in [5.74, 6) is 1.48. The molecule has 1 heteroatoms. The van der Waals surface area contributed by atoms with Gasteiger partial charge in [0.25, 0.3) is 0 Å². The maximum Gasteiger partial charge on any atom is 0.0699 e. The van der Waals surface area contributed by atoms with E-state index >= 15 is 0 Å². The van der Waals surface area contributed by atoms with Gasteiger partial charge in [-0.2, -0.15) is 0 Å². The van der Waals surface area contributed by atoms with E-state index in [1.165, 1.54) is 25.7 Å². The summed E-state index contributed by atoms with van der Waals surface area (Å²) in [5.41, 5.74) is 0. The molecule has 1 unspecified atom stereocenters. The summed E-state index contributed by atoms with van der Waals surface area (Å²) in [6, 6.07) is 0. The van der Waals surface area contributed by atoms with Gasteiger partial charge in [-0.3, -0.25) is 0 Å². The van der Waals surface area contributed by atoms with Gasteiger partial charge in [-0.15, -0.1) is 0 Å². The topological polar surface area (TPSA) is 0 Å². The lowest BCUT2D eigenvalue weighted by Gasteiger charge is -2.02. The Balaban J connectivity index is 2.22. The summed E-state index contributed by atoms with van der Waals surface area (Å²) in [6.07, 6.45) is 5.24. The first-order chi connectivity index (χ1) is 3.83. The third-order valence-electron chi connectivity index (χ3n) is 2.16. The molecule has 2 radical (unpaired) electrons. The van der Waals surface area contributed by atoms with Gasteiger partial charge in [-0.1, -0.05) is 38.4 Å². The third kappa shape index (κ3) is 1.27. The quantitative estimate of drug-likeness (QED) is 0.451. The standard InChI is InChI=1S/C7H13B/c1-2-6-3-4-7(8)5-6/h6-7H,2-5H2,1H3/t6?,7-/m0/s1. The zero-order valence-electron chi connectivity index (χ0n) is 5.56. The Morgan fingerprint density at radius 1 is 1.50 bits per heavy atom. The van der Waals surface area contributed by atoms with Crippen LogP contribution in [-0.4, -0.2) is 7.85 Å². The summed E-state index contributed by atoms with van der Waals surface area (Å²) in [6.45, 7) is 2.25. The predicted octanol–water partition coefficient (Wildman–Crippen LogP) is 2.15. The summed E-state index contributed by atoms with van der Waals surface area (Å²) in [4.78, 5) is 0. The Morgan fingerprint density at radius 2 is 2.25 bits per heavy atom. The second kappa shape index (κ2) is 2.57. The fourth-order valence-electron chi connectivity index (χ4n) is 1.48. The first kappa shape index (κ1) is 6.19. The smallest absolute Gasteiger partial charge is 0.0699 e. The van der Waals surface area contributed by atoms with Crippen molar-refractivity contribution in [1.82, 2.24) is 0 Å². The van der Waals surface area contributed by atoms with E-state index in [0.29, 0.717) is 5.82 Å². The van der Waals surface area contributed by atoms with Gasteiger partial charge in [0.05, 0.1) is 7.85 Å². The Kier molecular flexibility index (Phi) is 1.98. The lowest BCUT2D eigenvalue weighted by molar-refractivity contribution is 0.530. The Hall–Kier alpha value is 0.0649. The van der Waals surface area contributed by atoms with Gasteiger partial charge in [0.15, 0.2) is 0 Å². The minimum absolute atomic E-state index is 0.528. The van der Waals surface area contributed by atoms with E-state index in [2.05, 4.69) is 6.92 Å². The average molecular weight is 108 g/mol. The van der Waals surface area contributed by atoms with Gasteiger partial charge in [0, 0.05) is 0 Å². The molecule has 0 amide bonds. The van der Waals surface area contributed by atoms with E-state index in [1.807, 2.05) is 0 Å². The first-order valence-electron chi connectivity index (χ1n) is 3.58. The molecule has 0 aromatic heterocycles. The van der Waals surface area contributed by atoms with Crippen LogP contribution in [0.3, 0.4) is 0 Å². The van der Waals surface area contributed by atoms with Crippen molar-refractivity contribution < 1.29 is 0 Å². The van der Waals surface area contributed by atoms with Crippen LogP contribution in [0.5, 0.6) is 0 Å². The van der Waals surface area contributed by atoms with Crippen molar-refractivity contribution in [3.8, 4) is 0 Å². The average Bonchev–Trinajstić information content (AvgIpc) is 2.14. The predicted molar refractivity (Wildman–Crippen MR) is 37.1 cm³/mol. The summed E-state index contributed by atoms with van der Waals surface area (Å²) >= 11 is 0. The van der Waals surface area contributed by atoms with Crippen molar-refractivity contribution in [3.63, 3.8) is 0 Å². The molecule has 0 nitrogen and oxygen atoms in total. The highest BCUT2D eigenvalue weighted by molar-refractivity contribution is 6.11. The van der Waals surface area contributed by atoms with Crippen LogP contribution in [0.25, 0.3) is 0 Å². The first-order valence-corrected chi connectivity index (χ1v) is 3.58. The highest BCUT2D eigenvalue weighted by Crippen LogP contribution is 2.34. The largest absolute Gasteiger partial charge is 0.0771 e. The molecular formula is C7H13B. The molecule has 1 aliphatic rings. The molecule has 1 rings (SSSR count). The zero-order valence-corrected chi connectivity index (χ0v) is 5.56. The third-order valence-corrected chi connectivity index (χ3v) is 2.16. The van der Waals surface area contributed by atoms with Crippen LogP contribution >= 0.6 is 0 Å². The molecular weight excluding hydrogens is 94.9 g/mol. The maximum atomic E-state index is 5.70. The Bertz CT molecular complexity index is 70.8. The number of hydrogen-bond donors (Lipinski definition) is 0. The van der Waals surface area contributed by atoms with Crippen molar-refractivity contribution >= 4 is 7.85 Å². The van der Waals surface area contributed by atoms with Crippen LogP contribution in [0.2, 0.25) is 5.82 Å². The Labute approximate surface area is 53.1 Å².